The molecule has 0 saturated carbocycles. The van der Waals surface area contributed by atoms with Crippen molar-refractivity contribution in [3.63, 3.8) is 0 Å². The van der Waals surface area contributed by atoms with E-state index in [4.69, 9.17) is 14.5 Å². The van der Waals surface area contributed by atoms with Crippen LogP contribution in [0.4, 0.5) is 5.69 Å². The Kier molecular flexibility index (Phi) is 14.1. The van der Waals surface area contributed by atoms with Crippen LogP contribution < -0.4 is 9.47 Å². The van der Waals surface area contributed by atoms with Crippen molar-refractivity contribution in [3.05, 3.63) is 92.5 Å². The Morgan fingerprint density at radius 1 is 0.830 bits per heavy atom. The molecular formula is C38H52CuN2O6. The first-order valence-corrected chi connectivity index (χ1v) is 16.3. The van der Waals surface area contributed by atoms with Gasteiger partial charge in [-0.3, -0.25) is 15.1 Å². The average Bonchev–Trinajstić information content (AvgIpc) is 2.99. The van der Waals surface area contributed by atoms with Crippen LogP contribution in [0.15, 0.2) is 59.6 Å². The molecule has 0 aromatic heterocycles. The number of aliphatic hydroxyl groups is 1. The topological polar surface area (TPSA) is 114 Å². The van der Waals surface area contributed by atoms with Crippen molar-refractivity contribution in [2.75, 3.05) is 13.2 Å². The van der Waals surface area contributed by atoms with Crippen molar-refractivity contribution in [3.8, 4) is 17.2 Å². The number of phenolic OH excluding ortho intramolecular Hbond substituents is 1. The Hall–Kier alpha value is -3.39. The number of hydrogen-bond donors (Lipinski definition) is 2. The number of benzene rings is 3. The Morgan fingerprint density at radius 2 is 1.30 bits per heavy atom. The van der Waals surface area contributed by atoms with Gasteiger partial charge in [0.2, 0.25) is 0 Å². The van der Waals surface area contributed by atoms with Crippen molar-refractivity contribution in [2.24, 2.45) is 4.99 Å². The van der Waals surface area contributed by atoms with Gasteiger partial charge in [-0.1, -0.05) is 80.4 Å². The monoisotopic (exact) mass is 695 g/mol. The second-order valence-electron chi connectivity index (χ2n) is 14.0. The molecule has 47 heavy (non-hydrogen) atoms. The molecule has 3 aromatic rings. The van der Waals surface area contributed by atoms with E-state index in [-0.39, 0.29) is 44.9 Å². The van der Waals surface area contributed by atoms with Gasteiger partial charge in [0.15, 0.2) is 0 Å². The molecule has 0 bridgehead atoms. The van der Waals surface area contributed by atoms with Crippen LogP contribution >= 0.6 is 0 Å². The number of non-ortho nitro benzene ring substituents is 1. The maximum absolute atomic E-state index is 13.3. The van der Waals surface area contributed by atoms with E-state index >= 15 is 0 Å². The van der Waals surface area contributed by atoms with Gasteiger partial charge in [-0.2, -0.15) is 0 Å². The van der Waals surface area contributed by atoms with E-state index in [1.807, 2.05) is 36.4 Å². The zero-order valence-electron chi connectivity index (χ0n) is 29.3. The molecule has 261 valence electrons. The number of rotatable bonds is 14. The largest absolute Gasteiger partial charge is 0.507 e. The maximum Gasteiger partial charge on any atom is 0.270 e. The van der Waals surface area contributed by atoms with Crippen LogP contribution in [0.1, 0.15) is 116 Å². The van der Waals surface area contributed by atoms with Gasteiger partial charge in [-0.25, -0.2) is 0 Å². The van der Waals surface area contributed by atoms with Crippen LogP contribution in [0.2, 0.25) is 0 Å². The molecule has 9 heteroatoms. The molecule has 8 nitrogen and oxygen atoms in total. The molecule has 0 aliphatic carbocycles. The summed E-state index contributed by atoms with van der Waals surface area (Å²) in [6.07, 6.45) is 4.99. The number of nitro benzene ring substituents is 1. The zero-order valence-corrected chi connectivity index (χ0v) is 30.3. The summed E-state index contributed by atoms with van der Waals surface area (Å²) in [5.41, 5.74) is 0.904. The molecule has 0 aliphatic rings. The number of ether oxygens (including phenoxy) is 2. The SMILES string of the molecule is CCCCOc1ccc(C(C)(C)C)cc1C(O)(c1cc(C(C)(C)C)ccc1OCCCC)[C@@H](C)N=Cc1cc([N+](=O)[O-])ccc1O.[Cu]. The number of hydrogen-bond acceptors (Lipinski definition) is 7. The van der Waals surface area contributed by atoms with Crippen LogP contribution in [0.25, 0.3) is 0 Å². The number of phenols is 1. The smallest absolute Gasteiger partial charge is 0.270 e. The molecule has 0 amide bonds. The molecule has 0 fully saturated rings. The van der Waals surface area contributed by atoms with Crippen molar-refractivity contribution in [2.45, 2.75) is 110 Å². The minimum absolute atomic E-state index is 0. The summed E-state index contributed by atoms with van der Waals surface area (Å²) in [7, 11) is 0. The molecular weight excluding hydrogens is 644 g/mol. The van der Waals surface area contributed by atoms with E-state index in [0.29, 0.717) is 35.8 Å². The van der Waals surface area contributed by atoms with E-state index in [9.17, 15) is 20.3 Å². The molecule has 0 saturated heterocycles. The quantitative estimate of drug-likeness (QED) is 0.0572. The number of aromatic hydroxyl groups is 1. The summed E-state index contributed by atoms with van der Waals surface area (Å²) in [5, 5.41) is 35.3. The van der Waals surface area contributed by atoms with E-state index in [1.165, 1.54) is 24.4 Å². The predicted molar refractivity (Wildman–Crippen MR) is 186 cm³/mol. The standard InChI is InChI=1S/C38H52N2O6.Cu/c1-10-12-20-45-34-18-14-28(36(4,5)6)23-31(34)38(42,26(3)39-25-27-22-30(40(43)44)16-17-33(27)41)32-24-29(37(7,8)9)15-19-35(32)46-21-13-11-2;/h14-19,22-26,41-42H,10-13,20-21H2,1-9H3;/t26-;/m1./s1. The normalized spacial score (nSPS) is 12.9. The van der Waals surface area contributed by atoms with Crippen molar-refractivity contribution >= 4 is 11.9 Å². The molecule has 3 rings (SSSR count). The van der Waals surface area contributed by atoms with Crippen LogP contribution in [-0.2, 0) is 33.5 Å². The van der Waals surface area contributed by atoms with Gasteiger partial charge >= 0.3 is 0 Å². The average molecular weight is 696 g/mol. The third-order valence-electron chi connectivity index (χ3n) is 8.29. The Labute approximate surface area is 291 Å². The van der Waals surface area contributed by atoms with Crippen molar-refractivity contribution in [1.82, 2.24) is 0 Å². The van der Waals surface area contributed by atoms with E-state index < -0.39 is 16.6 Å². The van der Waals surface area contributed by atoms with Crippen molar-refractivity contribution in [1.29, 1.82) is 0 Å². The van der Waals surface area contributed by atoms with Crippen LogP contribution in [0.5, 0.6) is 17.2 Å². The summed E-state index contributed by atoms with van der Waals surface area (Å²) >= 11 is 0. The minimum atomic E-state index is -1.77. The van der Waals surface area contributed by atoms with Gasteiger partial charge in [0, 0.05) is 52.1 Å². The fourth-order valence-corrected chi connectivity index (χ4v) is 5.15. The van der Waals surface area contributed by atoms with Gasteiger partial charge in [0.05, 0.1) is 24.2 Å². The molecule has 1 radical (unpaired) electrons. The third-order valence-corrected chi connectivity index (χ3v) is 8.29. The second kappa shape index (κ2) is 16.6. The Morgan fingerprint density at radius 3 is 1.70 bits per heavy atom. The number of nitro groups is 1. The summed E-state index contributed by atoms with van der Waals surface area (Å²) in [5.74, 6) is 0.941. The minimum Gasteiger partial charge on any atom is -0.507 e. The van der Waals surface area contributed by atoms with Crippen molar-refractivity contribution < 1.29 is 41.7 Å². The van der Waals surface area contributed by atoms with Gasteiger partial charge in [-0.15, -0.1) is 0 Å². The fourth-order valence-electron chi connectivity index (χ4n) is 5.15. The second-order valence-corrected chi connectivity index (χ2v) is 14.0. The summed E-state index contributed by atoms with van der Waals surface area (Å²) in [4.78, 5) is 15.7. The summed E-state index contributed by atoms with van der Waals surface area (Å²) < 4.78 is 12.7. The molecule has 3 aromatic carbocycles. The predicted octanol–water partition coefficient (Wildman–Crippen LogP) is 8.99. The molecule has 0 aliphatic heterocycles. The van der Waals surface area contributed by atoms with Gasteiger partial charge in [0.25, 0.3) is 5.69 Å². The Balaban J connectivity index is 0.00000768. The van der Waals surface area contributed by atoms with Crippen LogP contribution in [-0.4, -0.2) is 40.6 Å². The number of unbranched alkanes of at least 4 members (excludes halogenated alkanes) is 2. The number of nitrogens with zero attached hydrogens (tertiary/aromatic N) is 2. The van der Waals surface area contributed by atoms with Gasteiger partial charge in [0.1, 0.15) is 22.8 Å². The van der Waals surface area contributed by atoms with E-state index in [0.717, 1.165) is 36.8 Å². The third kappa shape index (κ3) is 9.82. The van der Waals surface area contributed by atoms with Gasteiger partial charge < -0.3 is 19.7 Å². The fraction of sp³-hybridized carbons (Fsp3) is 0.500. The number of aliphatic imine (C=N–C) groups is 1. The van der Waals surface area contributed by atoms with Crippen LogP contribution in [0, 0.1) is 10.1 Å². The Bertz CT molecular complexity index is 1450. The zero-order chi connectivity index (χ0) is 34.3. The van der Waals surface area contributed by atoms with E-state index in [2.05, 4.69) is 55.4 Å². The molecule has 1 atom stereocenters. The first kappa shape index (κ1) is 39.8. The molecule has 0 heterocycles. The van der Waals surface area contributed by atoms with E-state index in [1.54, 1.807) is 6.92 Å². The maximum atomic E-state index is 13.3. The summed E-state index contributed by atoms with van der Waals surface area (Å²) in [6.45, 7) is 19.7. The molecule has 2 N–H and O–H groups in total. The molecule has 0 unspecified atom stereocenters. The van der Waals surface area contributed by atoms with Gasteiger partial charge in [-0.05, 0) is 72.1 Å². The summed E-state index contributed by atoms with van der Waals surface area (Å²) in [6, 6.07) is 14.8. The van der Waals surface area contributed by atoms with Crippen LogP contribution in [0.3, 0.4) is 0 Å². The first-order valence-electron chi connectivity index (χ1n) is 16.3. The molecule has 0 spiro atoms. The first-order chi connectivity index (χ1) is 21.5.